The van der Waals surface area contributed by atoms with E-state index in [1.165, 1.54) is 11.0 Å². The number of nitrogens with one attached hydrogen (secondary N) is 1. The van der Waals surface area contributed by atoms with Crippen LogP contribution in [0.2, 0.25) is 0 Å². The first-order valence-electron chi connectivity index (χ1n) is 7.05. The number of hydrogen-bond acceptors (Lipinski definition) is 5. The predicted octanol–water partition coefficient (Wildman–Crippen LogP) is 0.164. The molecule has 0 aromatic heterocycles. The molecule has 2 aliphatic rings. The van der Waals surface area contributed by atoms with E-state index in [1.807, 2.05) is 0 Å². The Kier molecular flexibility index (Phi) is 3.81. The average Bonchev–Trinajstić information content (AvgIpc) is 2.83. The van der Waals surface area contributed by atoms with Crippen molar-refractivity contribution in [1.29, 1.82) is 0 Å². The fraction of sp³-hybridized carbons (Fsp3) is 0.333. The van der Waals surface area contributed by atoms with Crippen LogP contribution in [0.5, 0.6) is 5.75 Å². The van der Waals surface area contributed by atoms with Crippen molar-refractivity contribution in [3.05, 3.63) is 29.1 Å². The second-order valence-corrected chi connectivity index (χ2v) is 5.28. The summed E-state index contributed by atoms with van der Waals surface area (Å²) >= 11 is 0. The highest BCUT2D eigenvalue weighted by atomic mass is 19.1. The Balaban J connectivity index is 1.91. The summed E-state index contributed by atoms with van der Waals surface area (Å²) in [4.78, 5) is 47.3. The van der Waals surface area contributed by atoms with Crippen molar-refractivity contribution in [3.63, 3.8) is 0 Å². The minimum atomic E-state index is -0.783. The zero-order valence-electron chi connectivity index (χ0n) is 12.0. The molecule has 1 atom stereocenters. The summed E-state index contributed by atoms with van der Waals surface area (Å²) < 4.78 is 19.0. The van der Waals surface area contributed by atoms with Crippen LogP contribution in [0.1, 0.15) is 28.8 Å². The number of hydrogen-bond donors (Lipinski definition) is 1. The summed E-state index contributed by atoms with van der Waals surface area (Å²) in [6.07, 6.45) is 0.838. The number of ether oxygens (including phenoxy) is 1. The summed E-state index contributed by atoms with van der Waals surface area (Å²) in [5.74, 6) is -2.18. The molecule has 8 heteroatoms. The van der Waals surface area contributed by atoms with E-state index in [1.54, 1.807) is 0 Å². The number of rotatable bonds is 4. The smallest absolute Gasteiger partial charge is 0.255 e. The van der Waals surface area contributed by atoms with Crippen LogP contribution in [0.4, 0.5) is 4.39 Å². The molecule has 1 aromatic rings. The molecule has 0 bridgehead atoms. The van der Waals surface area contributed by atoms with Gasteiger partial charge in [0.05, 0.1) is 6.54 Å². The number of carbonyl (C=O) groups excluding carboxylic acids is 4. The Bertz CT molecular complexity index is 718. The maximum atomic E-state index is 13.9. The Morgan fingerprint density at radius 1 is 1.35 bits per heavy atom. The van der Waals surface area contributed by atoms with E-state index in [0.29, 0.717) is 11.8 Å². The largest absolute Gasteiger partial charge is 0.483 e. The van der Waals surface area contributed by atoms with Crippen molar-refractivity contribution in [3.8, 4) is 5.75 Å². The highest BCUT2D eigenvalue weighted by Crippen LogP contribution is 2.35. The third-order valence-electron chi connectivity index (χ3n) is 3.91. The first-order valence-corrected chi connectivity index (χ1v) is 7.05. The molecule has 7 nitrogen and oxygen atoms in total. The van der Waals surface area contributed by atoms with Crippen LogP contribution >= 0.6 is 0 Å². The lowest BCUT2D eigenvalue weighted by Gasteiger charge is -2.29. The van der Waals surface area contributed by atoms with E-state index in [0.717, 1.165) is 6.07 Å². The minimum Gasteiger partial charge on any atom is -0.483 e. The molecular weight excluding hydrogens is 307 g/mol. The fourth-order valence-electron chi connectivity index (χ4n) is 2.86. The van der Waals surface area contributed by atoms with Gasteiger partial charge in [-0.1, -0.05) is 0 Å². The van der Waals surface area contributed by atoms with Crippen LogP contribution in [-0.2, 0) is 20.9 Å². The molecule has 0 spiro atoms. The maximum absolute atomic E-state index is 13.9. The van der Waals surface area contributed by atoms with Gasteiger partial charge in [-0.25, -0.2) is 4.39 Å². The summed E-state index contributed by atoms with van der Waals surface area (Å²) in [5.41, 5.74) is 0.540. The third-order valence-corrected chi connectivity index (χ3v) is 3.91. The van der Waals surface area contributed by atoms with Crippen molar-refractivity contribution >= 4 is 24.0 Å². The Labute approximate surface area is 130 Å². The van der Waals surface area contributed by atoms with E-state index >= 15 is 0 Å². The van der Waals surface area contributed by atoms with Gasteiger partial charge in [-0.05, 0) is 18.6 Å². The molecule has 1 N–H and O–H groups in total. The van der Waals surface area contributed by atoms with Crippen molar-refractivity contribution in [2.45, 2.75) is 25.4 Å². The van der Waals surface area contributed by atoms with Gasteiger partial charge in [-0.2, -0.15) is 0 Å². The van der Waals surface area contributed by atoms with E-state index in [-0.39, 0.29) is 43.2 Å². The zero-order chi connectivity index (χ0) is 16.6. The molecule has 0 radical (unpaired) electrons. The Hall–Kier alpha value is -2.77. The van der Waals surface area contributed by atoms with Crippen LogP contribution < -0.4 is 10.1 Å². The van der Waals surface area contributed by atoms with Crippen LogP contribution in [0.3, 0.4) is 0 Å². The zero-order valence-corrected chi connectivity index (χ0v) is 12.0. The number of halogens is 1. The first-order chi connectivity index (χ1) is 11.0. The SMILES string of the molecule is O=CCOc1c(F)ccc2c1CN(C1CCC(=O)NC1=O)C2=O. The molecular formula is C15H13FN2O5. The molecule has 0 saturated carbocycles. The number of carbonyl (C=O) groups is 4. The number of fused-ring (bicyclic) bond motifs is 1. The molecule has 120 valence electrons. The van der Waals surface area contributed by atoms with Crippen LogP contribution in [0.25, 0.3) is 0 Å². The lowest BCUT2D eigenvalue weighted by atomic mass is 10.0. The van der Waals surface area contributed by atoms with E-state index in [4.69, 9.17) is 4.74 Å². The summed E-state index contributed by atoms with van der Waals surface area (Å²) in [7, 11) is 0. The standard InChI is InChI=1S/C15H13FN2O5/c16-10-2-1-8-9(13(10)23-6-5-19)7-18(15(8)22)11-3-4-12(20)17-14(11)21/h1-2,5,11H,3-4,6-7H2,(H,17,20,21). The fourth-order valence-corrected chi connectivity index (χ4v) is 2.86. The molecule has 3 rings (SSSR count). The minimum absolute atomic E-state index is 0.00755. The highest BCUT2D eigenvalue weighted by molar-refractivity contribution is 6.05. The average molecular weight is 320 g/mol. The molecule has 0 aliphatic carbocycles. The molecule has 1 aromatic carbocycles. The lowest BCUT2D eigenvalue weighted by molar-refractivity contribution is -0.136. The maximum Gasteiger partial charge on any atom is 0.255 e. The van der Waals surface area contributed by atoms with Crippen LogP contribution in [-0.4, -0.2) is 41.6 Å². The van der Waals surface area contributed by atoms with E-state index in [2.05, 4.69) is 5.32 Å². The topological polar surface area (TPSA) is 92.8 Å². The van der Waals surface area contributed by atoms with Gasteiger partial charge in [0.25, 0.3) is 5.91 Å². The van der Waals surface area contributed by atoms with Gasteiger partial charge in [-0.3, -0.25) is 24.5 Å². The quantitative estimate of drug-likeness (QED) is 0.630. The van der Waals surface area contributed by atoms with Crippen LogP contribution in [0.15, 0.2) is 12.1 Å². The van der Waals surface area contributed by atoms with E-state index in [9.17, 15) is 23.6 Å². The van der Waals surface area contributed by atoms with Crippen molar-refractivity contribution < 1.29 is 28.3 Å². The number of benzene rings is 1. The van der Waals surface area contributed by atoms with Gasteiger partial charge >= 0.3 is 0 Å². The van der Waals surface area contributed by atoms with Crippen molar-refractivity contribution in [2.75, 3.05) is 6.61 Å². The van der Waals surface area contributed by atoms with Gasteiger partial charge in [0, 0.05) is 17.5 Å². The number of amides is 3. The Morgan fingerprint density at radius 2 is 2.13 bits per heavy atom. The van der Waals surface area contributed by atoms with Gasteiger partial charge in [0.1, 0.15) is 12.6 Å². The molecule has 23 heavy (non-hydrogen) atoms. The second kappa shape index (κ2) is 5.79. The van der Waals surface area contributed by atoms with Crippen LogP contribution in [0, 0.1) is 5.82 Å². The van der Waals surface area contributed by atoms with Gasteiger partial charge < -0.3 is 9.64 Å². The summed E-state index contributed by atoms with van der Waals surface area (Å²) in [6.45, 7) is -0.341. The molecule has 1 unspecified atom stereocenters. The van der Waals surface area contributed by atoms with Crippen molar-refractivity contribution in [2.24, 2.45) is 0 Å². The number of nitrogens with zero attached hydrogens (tertiary/aromatic N) is 1. The summed E-state index contributed by atoms with van der Waals surface area (Å²) in [5, 5.41) is 2.19. The molecule has 1 fully saturated rings. The first kappa shape index (κ1) is 15.1. The lowest BCUT2D eigenvalue weighted by Crippen LogP contribution is -2.52. The summed E-state index contributed by atoms with van der Waals surface area (Å²) in [6, 6.07) is 1.63. The monoisotopic (exact) mass is 320 g/mol. The van der Waals surface area contributed by atoms with E-state index < -0.39 is 23.7 Å². The highest BCUT2D eigenvalue weighted by Gasteiger charge is 2.40. The third kappa shape index (κ3) is 2.56. The van der Waals surface area contributed by atoms with Gasteiger partial charge in [-0.15, -0.1) is 0 Å². The van der Waals surface area contributed by atoms with Crippen molar-refractivity contribution in [1.82, 2.24) is 10.2 Å². The number of piperidine rings is 1. The normalized spacial score (nSPS) is 20.3. The number of imide groups is 1. The number of aldehydes is 1. The predicted molar refractivity (Wildman–Crippen MR) is 74.0 cm³/mol. The van der Waals surface area contributed by atoms with Gasteiger partial charge in [0.15, 0.2) is 17.9 Å². The second-order valence-electron chi connectivity index (χ2n) is 5.28. The molecule has 2 aliphatic heterocycles. The molecule has 3 amide bonds. The molecule has 1 saturated heterocycles. The Morgan fingerprint density at radius 3 is 2.83 bits per heavy atom. The molecule has 2 heterocycles. The van der Waals surface area contributed by atoms with Gasteiger partial charge in [0.2, 0.25) is 11.8 Å².